The Kier molecular flexibility index (Phi) is 5.34. The van der Waals surface area contributed by atoms with Crippen LogP contribution < -0.4 is 0 Å². The van der Waals surface area contributed by atoms with E-state index in [0.29, 0.717) is 24.2 Å². The van der Waals surface area contributed by atoms with Gasteiger partial charge in [-0.2, -0.15) is 0 Å². The maximum atomic E-state index is 5.57. The predicted octanol–water partition coefficient (Wildman–Crippen LogP) is 3.60. The summed E-state index contributed by atoms with van der Waals surface area (Å²) >= 11 is 5.57. The SMILES string of the molecule is C=C[C@@H](COCC(=C)Cl)C(C)(C)C. The van der Waals surface area contributed by atoms with Crippen molar-refractivity contribution in [3.05, 3.63) is 24.3 Å². The Bertz CT molecular complexity index is 179. The molecule has 0 bridgehead atoms. The first kappa shape index (κ1) is 12.7. The average Bonchev–Trinajstić information content (AvgIpc) is 1.95. The molecular weight excluding hydrogens is 184 g/mol. The monoisotopic (exact) mass is 202 g/mol. The van der Waals surface area contributed by atoms with Crippen molar-refractivity contribution in [3.63, 3.8) is 0 Å². The molecule has 0 aromatic rings. The highest BCUT2D eigenvalue weighted by Gasteiger charge is 2.21. The number of halogens is 1. The van der Waals surface area contributed by atoms with E-state index in [-0.39, 0.29) is 5.41 Å². The van der Waals surface area contributed by atoms with Gasteiger partial charge in [-0.1, -0.05) is 45.0 Å². The number of ether oxygens (including phenoxy) is 1. The zero-order valence-electron chi connectivity index (χ0n) is 8.77. The van der Waals surface area contributed by atoms with Crippen LogP contribution in [0.2, 0.25) is 0 Å². The fraction of sp³-hybridized carbons (Fsp3) is 0.636. The van der Waals surface area contributed by atoms with Crippen LogP contribution in [0, 0.1) is 11.3 Å². The molecule has 0 fully saturated rings. The Balaban J connectivity index is 3.87. The van der Waals surface area contributed by atoms with Gasteiger partial charge in [0.05, 0.1) is 13.2 Å². The fourth-order valence-corrected chi connectivity index (χ4v) is 1.05. The minimum atomic E-state index is 0.190. The summed E-state index contributed by atoms with van der Waals surface area (Å²) in [6.45, 7) is 14.9. The second-order valence-corrected chi connectivity index (χ2v) is 4.78. The molecule has 1 nitrogen and oxygen atoms in total. The van der Waals surface area contributed by atoms with Gasteiger partial charge in [0.1, 0.15) is 0 Å². The van der Waals surface area contributed by atoms with E-state index in [1.807, 2.05) is 6.08 Å². The van der Waals surface area contributed by atoms with Gasteiger partial charge in [-0.25, -0.2) is 0 Å². The highest BCUT2D eigenvalue weighted by Crippen LogP contribution is 2.26. The van der Waals surface area contributed by atoms with E-state index in [0.717, 1.165) is 0 Å². The van der Waals surface area contributed by atoms with Gasteiger partial charge in [0, 0.05) is 11.0 Å². The maximum absolute atomic E-state index is 5.57. The van der Waals surface area contributed by atoms with E-state index in [2.05, 4.69) is 33.9 Å². The maximum Gasteiger partial charge on any atom is 0.0817 e. The van der Waals surface area contributed by atoms with Gasteiger partial charge in [0.25, 0.3) is 0 Å². The van der Waals surface area contributed by atoms with Gasteiger partial charge in [-0.3, -0.25) is 0 Å². The summed E-state index contributed by atoms with van der Waals surface area (Å²) in [6.07, 6.45) is 1.93. The van der Waals surface area contributed by atoms with E-state index in [1.54, 1.807) is 0 Å². The van der Waals surface area contributed by atoms with Crippen molar-refractivity contribution < 1.29 is 4.74 Å². The van der Waals surface area contributed by atoms with Crippen LogP contribution in [0.1, 0.15) is 20.8 Å². The first-order valence-corrected chi connectivity index (χ1v) is 4.79. The van der Waals surface area contributed by atoms with Crippen molar-refractivity contribution in [2.45, 2.75) is 20.8 Å². The summed E-state index contributed by atoms with van der Waals surface area (Å²) in [4.78, 5) is 0. The molecular formula is C11H19ClO. The van der Waals surface area contributed by atoms with Gasteiger partial charge >= 0.3 is 0 Å². The van der Waals surface area contributed by atoms with Crippen LogP contribution in [-0.4, -0.2) is 13.2 Å². The van der Waals surface area contributed by atoms with E-state index in [4.69, 9.17) is 16.3 Å². The lowest BCUT2D eigenvalue weighted by Crippen LogP contribution is -2.23. The second kappa shape index (κ2) is 5.46. The van der Waals surface area contributed by atoms with Crippen LogP contribution in [0.15, 0.2) is 24.3 Å². The summed E-state index contributed by atoms with van der Waals surface area (Å²) in [5, 5.41) is 0.539. The molecule has 13 heavy (non-hydrogen) atoms. The molecule has 76 valence electrons. The number of hydrogen-bond donors (Lipinski definition) is 0. The van der Waals surface area contributed by atoms with E-state index < -0.39 is 0 Å². The lowest BCUT2D eigenvalue weighted by Gasteiger charge is -2.27. The molecule has 0 spiro atoms. The molecule has 0 aliphatic rings. The largest absolute Gasteiger partial charge is 0.375 e. The number of hydrogen-bond acceptors (Lipinski definition) is 1. The lowest BCUT2D eigenvalue weighted by atomic mass is 9.81. The van der Waals surface area contributed by atoms with Gasteiger partial charge in [0.2, 0.25) is 0 Å². The molecule has 0 aromatic carbocycles. The molecule has 0 aromatic heterocycles. The quantitative estimate of drug-likeness (QED) is 0.619. The molecule has 0 N–H and O–H groups in total. The van der Waals surface area contributed by atoms with Gasteiger partial charge in [0.15, 0.2) is 0 Å². The first-order valence-electron chi connectivity index (χ1n) is 4.41. The van der Waals surface area contributed by atoms with E-state index in [9.17, 15) is 0 Å². The Morgan fingerprint density at radius 3 is 2.38 bits per heavy atom. The van der Waals surface area contributed by atoms with Crippen LogP contribution in [0.25, 0.3) is 0 Å². The smallest absolute Gasteiger partial charge is 0.0817 e. The zero-order valence-corrected chi connectivity index (χ0v) is 9.53. The van der Waals surface area contributed by atoms with Crippen molar-refractivity contribution in [1.29, 1.82) is 0 Å². The van der Waals surface area contributed by atoms with Crippen molar-refractivity contribution in [3.8, 4) is 0 Å². The second-order valence-electron chi connectivity index (χ2n) is 4.24. The highest BCUT2D eigenvalue weighted by atomic mass is 35.5. The molecule has 2 heteroatoms. The molecule has 0 unspecified atom stereocenters. The predicted molar refractivity (Wildman–Crippen MR) is 59.0 cm³/mol. The first-order chi connectivity index (χ1) is 5.88. The molecule has 0 rings (SSSR count). The van der Waals surface area contributed by atoms with Gasteiger partial charge < -0.3 is 4.74 Å². The normalized spacial score (nSPS) is 13.8. The lowest BCUT2D eigenvalue weighted by molar-refractivity contribution is 0.0933. The summed E-state index contributed by atoms with van der Waals surface area (Å²) in [5.41, 5.74) is 0.190. The fourth-order valence-electron chi connectivity index (χ4n) is 0.968. The number of rotatable bonds is 5. The molecule has 0 saturated heterocycles. The van der Waals surface area contributed by atoms with Crippen molar-refractivity contribution in [1.82, 2.24) is 0 Å². The van der Waals surface area contributed by atoms with Crippen molar-refractivity contribution in [2.75, 3.05) is 13.2 Å². The van der Waals surface area contributed by atoms with Gasteiger partial charge in [-0.05, 0) is 5.41 Å². The molecule has 0 aliphatic carbocycles. The average molecular weight is 203 g/mol. The highest BCUT2D eigenvalue weighted by molar-refractivity contribution is 6.29. The molecule has 0 heterocycles. The van der Waals surface area contributed by atoms with Crippen molar-refractivity contribution >= 4 is 11.6 Å². The van der Waals surface area contributed by atoms with Gasteiger partial charge in [-0.15, -0.1) is 6.58 Å². The minimum Gasteiger partial charge on any atom is -0.375 e. The molecule has 1 atom stereocenters. The summed E-state index contributed by atoms with van der Waals surface area (Å²) in [7, 11) is 0. The minimum absolute atomic E-state index is 0.190. The van der Waals surface area contributed by atoms with E-state index >= 15 is 0 Å². The third-order valence-corrected chi connectivity index (χ3v) is 2.06. The third kappa shape index (κ3) is 5.89. The third-order valence-electron chi connectivity index (χ3n) is 1.95. The van der Waals surface area contributed by atoms with Crippen LogP contribution >= 0.6 is 11.6 Å². The summed E-state index contributed by atoms with van der Waals surface area (Å²) in [6, 6.07) is 0. The van der Waals surface area contributed by atoms with Crippen molar-refractivity contribution in [2.24, 2.45) is 11.3 Å². The Labute approximate surface area is 86.4 Å². The van der Waals surface area contributed by atoms with Crippen LogP contribution in [0.4, 0.5) is 0 Å². The van der Waals surface area contributed by atoms with Crippen LogP contribution in [-0.2, 0) is 4.74 Å². The Hall–Kier alpha value is -0.270. The topological polar surface area (TPSA) is 9.23 Å². The molecule has 0 radical (unpaired) electrons. The molecule has 0 amide bonds. The van der Waals surface area contributed by atoms with Crippen LogP contribution in [0.5, 0.6) is 0 Å². The Morgan fingerprint density at radius 1 is 1.54 bits per heavy atom. The van der Waals surface area contributed by atoms with E-state index in [1.165, 1.54) is 0 Å². The zero-order chi connectivity index (χ0) is 10.5. The summed E-state index contributed by atoms with van der Waals surface area (Å²) < 4.78 is 5.37. The molecule has 0 aliphatic heterocycles. The molecule has 0 saturated carbocycles. The van der Waals surface area contributed by atoms with Crippen LogP contribution in [0.3, 0.4) is 0 Å². The standard InChI is InChI=1S/C11H19ClO/c1-6-10(11(3,4)5)8-13-7-9(2)12/h6,10H,1-2,7-8H2,3-5H3/t10-/m0/s1. The summed E-state index contributed by atoms with van der Waals surface area (Å²) in [5.74, 6) is 0.350. The Morgan fingerprint density at radius 2 is 2.08 bits per heavy atom.